The van der Waals surface area contributed by atoms with Gasteiger partial charge in [0, 0.05) is 23.6 Å². The van der Waals surface area contributed by atoms with Crippen molar-refractivity contribution in [3.63, 3.8) is 0 Å². The Morgan fingerprint density at radius 2 is 1.66 bits per heavy atom. The maximum absolute atomic E-state index is 14.4. The van der Waals surface area contributed by atoms with Crippen molar-refractivity contribution in [2.24, 2.45) is 0 Å². The summed E-state index contributed by atoms with van der Waals surface area (Å²) in [7, 11) is 0. The van der Waals surface area contributed by atoms with E-state index >= 15 is 0 Å². The lowest BCUT2D eigenvalue weighted by Crippen LogP contribution is -2.15. The van der Waals surface area contributed by atoms with Crippen LogP contribution in [0.15, 0.2) is 79.3 Å². The Bertz CT molecular complexity index is 1180. The van der Waals surface area contributed by atoms with Crippen LogP contribution in [-0.2, 0) is 0 Å². The van der Waals surface area contributed by atoms with Crippen molar-refractivity contribution in [1.29, 1.82) is 0 Å². The summed E-state index contributed by atoms with van der Waals surface area (Å²) >= 11 is 0. The van der Waals surface area contributed by atoms with Crippen molar-refractivity contribution in [2.75, 3.05) is 5.32 Å². The Kier molecular flexibility index (Phi) is 4.78. The maximum atomic E-state index is 14.4. The molecule has 0 bridgehead atoms. The molecule has 29 heavy (non-hydrogen) atoms. The van der Waals surface area contributed by atoms with Crippen LogP contribution in [0.5, 0.6) is 0 Å². The number of Topliss-reactive ketones (excluding diaryl/α,β-unsaturated/α-hetero) is 1. The van der Waals surface area contributed by atoms with Gasteiger partial charge in [0.1, 0.15) is 17.1 Å². The van der Waals surface area contributed by atoms with Crippen molar-refractivity contribution >= 4 is 17.4 Å². The topological polar surface area (TPSA) is 68.9 Å². The van der Waals surface area contributed by atoms with Crippen LogP contribution in [0.1, 0.15) is 27.6 Å². The summed E-state index contributed by atoms with van der Waals surface area (Å²) in [6.45, 7) is 1.48. The summed E-state index contributed by atoms with van der Waals surface area (Å²) in [5, 5.41) is 7.05. The number of rotatable bonds is 5. The normalized spacial score (nSPS) is 10.7. The van der Waals surface area contributed by atoms with Crippen LogP contribution in [-0.4, -0.2) is 26.0 Å². The van der Waals surface area contributed by atoms with E-state index in [1.54, 1.807) is 71.6 Å². The summed E-state index contributed by atoms with van der Waals surface area (Å²) < 4.78 is 17.5. The number of aromatic nitrogens is 3. The molecular weight excluding hydrogens is 371 g/mol. The molecule has 0 spiro atoms. The minimum Gasteiger partial charge on any atom is -0.322 e. The Labute approximate surface area is 166 Å². The summed E-state index contributed by atoms with van der Waals surface area (Å²) in [6, 6.07) is 16.5. The molecule has 2 aromatic heterocycles. The monoisotopic (exact) mass is 388 g/mol. The SMILES string of the molecule is CC(=O)c1ccc(NC(=O)c2cnn(-c3ccccc3F)c2-n2cccc2)cc1. The fourth-order valence-corrected chi connectivity index (χ4v) is 3.01. The van der Waals surface area contributed by atoms with Gasteiger partial charge in [0.25, 0.3) is 5.91 Å². The van der Waals surface area contributed by atoms with Crippen molar-refractivity contribution in [3.8, 4) is 11.5 Å². The lowest BCUT2D eigenvalue weighted by Gasteiger charge is -2.12. The van der Waals surface area contributed by atoms with Crippen LogP contribution in [0.4, 0.5) is 10.1 Å². The smallest absolute Gasteiger partial charge is 0.261 e. The number of para-hydroxylation sites is 1. The van der Waals surface area contributed by atoms with Gasteiger partial charge in [0.2, 0.25) is 0 Å². The first-order chi connectivity index (χ1) is 14.0. The number of hydrogen-bond donors (Lipinski definition) is 1. The first-order valence-corrected chi connectivity index (χ1v) is 8.93. The predicted molar refractivity (Wildman–Crippen MR) is 107 cm³/mol. The fraction of sp³-hybridized carbons (Fsp3) is 0.0455. The molecule has 4 aromatic rings. The molecule has 0 aliphatic heterocycles. The minimum absolute atomic E-state index is 0.0519. The molecule has 7 heteroatoms. The quantitative estimate of drug-likeness (QED) is 0.520. The molecule has 0 aliphatic carbocycles. The second-order valence-electron chi connectivity index (χ2n) is 6.42. The van der Waals surface area contributed by atoms with Crippen LogP contribution < -0.4 is 5.32 Å². The summed E-state index contributed by atoms with van der Waals surface area (Å²) in [5.41, 5.74) is 1.61. The zero-order valence-electron chi connectivity index (χ0n) is 15.5. The second kappa shape index (κ2) is 7.55. The van der Waals surface area contributed by atoms with Crippen LogP contribution in [0, 0.1) is 5.82 Å². The van der Waals surface area contributed by atoms with Gasteiger partial charge in [-0.05, 0) is 55.5 Å². The highest BCUT2D eigenvalue weighted by molar-refractivity contribution is 6.06. The van der Waals surface area contributed by atoms with Gasteiger partial charge in [-0.2, -0.15) is 5.10 Å². The molecule has 0 saturated carbocycles. The highest BCUT2D eigenvalue weighted by Gasteiger charge is 2.21. The first kappa shape index (κ1) is 18.4. The van der Waals surface area contributed by atoms with Gasteiger partial charge in [0.15, 0.2) is 11.6 Å². The predicted octanol–water partition coefficient (Wildman–Crippen LogP) is 4.26. The second-order valence-corrected chi connectivity index (χ2v) is 6.42. The molecule has 0 aliphatic rings. The molecule has 4 rings (SSSR count). The maximum Gasteiger partial charge on any atom is 0.261 e. The molecule has 1 N–H and O–H groups in total. The van der Waals surface area contributed by atoms with E-state index in [1.807, 2.05) is 0 Å². The standard InChI is InChI=1S/C22H17FN4O2/c1-15(28)16-8-10-17(11-9-16)25-21(29)18-14-24-27(20-7-3-2-6-19(20)23)22(18)26-12-4-5-13-26/h2-14H,1H3,(H,25,29). The van der Waals surface area contributed by atoms with E-state index in [1.165, 1.54) is 23.9 Å². The number of carbonyl (C=O) groups excluding carboxylic acids is 2. The molecule has 0 radical (unpaired) electrons. The third-order valence-corrected chi connectivity index (χ3v) is 4.47. The third kappa shape index (κ3) is 3.58. The number of nitrogens with one attached hydrogen (secondary N) is 1. The third-order valence-electron chi connectivity index (χ3n) is 4.47. The van der Waals surface area contributed by atoms with Crippen molar-refractivity contribution in [2.45, 2.75) is 6.92 Å². The molecule has 0 saturated heterocycles. The number of ketones is 1. The zero-order chi connectivity index (χ0) is 20.4. The number of carbonyl (C=O) groups is 2. The number of anilines is 1. The van der Waals surface area contributed by atoms with Gasteiger partial charge in [-0.3, -0.25) is 9.59 Å². The van der Waals surface area contributed by atoms with Crippen LogP contribution in [0.3, 0.4) is 0 Å². The Balaban J connectivity index is 1.73. The average Bonchev–Trinajstić information content (AvgIpc) is 3.38. The van der Waals surface area contributed by atoms with Gasteiger partial charge >= 0.3 is 0 Å². The number of amides is 1. The highest BCUT2D eigenvalue weighted by Crippen LogP contribution is 2.23. The van der Waals surface area contributed by atoms with Crippen LogP contribution in [0.25, 0.3) is 11.5 Å². The van der Waals surface area contributed by atoms with E-state index in [0.717, 1.165) is 0 Å². The van der Waals surface area contributed by atoms with Gasteiger partial charge in [0.05, 0.1) is 6.20 Å². The average molecular weight is 388 g/mol. The number of hydrogen-bond acceptors (Lipinski definition) is 3. The number of nitrogens with zero attached hydrogens (tertiary/aromatic N) is 3. The fourth-order valence-electron chi connectivity index (χ4n) is 3.01. The molecule has 2 aromatic carbocycles. The molecule has 0 fully saturated rings. The lowest BCUT2D eigenvalue weighted by molar-refractivity contribution is 0.101. The molecule has 1 amide bonds. The lowest BCUT2D eigenvalue weighted by atomic mass is 10.1. The number of halogens is 1. The zero-order valence-corrected chi connectivity index (χ0v) is 15.5. The van der Waals surface area contributed by atoms with Gasteiger partial charge < -0.3 is 9.88 Å². The molecular formula is C22H17FN4O2. The van der Waals surface area contributed by atoms with Gasteiger partial charge in [-0.15, -0.1) is 0 Å². The molecule has 6 nitrogen and oxygen atoms in total. The largest absolute Gasteiger partial charge is 0.322 e. The molecule has 0 unspecified atom stereocenters. The minimum atomic E-state index is -0.448. The number of benzene rings is 2. The van der Waals surface area contributed by atoms with Gasteiger partial charge in [-0.25, -0.2) is 9.07 Å². The van der Waals surface area contributed by atoms with Crippen molar-refractivity contribution < 1.29 is 14.0 Å². The van der Waals surface area contributed by atoms with E-state index in [2.05, 4.69) is 10.4 Å². The van der Waals surface area contributed by atoms with Crippen molar-refractivity contribution in [1.82, 2.24) is 14.3 Å². The van der Waals surface area contributed by atoms with Crippen LogP contribution >= 0.6 is 0 Å². The summed E-state index contributed by atoms with van der Waals surface area (Å²) in [4.78, 5) is 24.3. The van der Waals surface area contributed by atoms with E-state index in [0.29, 0.717) is 17.1 Å². The summed E-state index contributed by atoms with van der Waals surface area (Å²) in [6.07, 6.45) is 4.92. The summed E-state index contributed by atoms with van der Waals surface area (Å²) in [5.74, 6) is -0.482. The highest BCUT2D eigenvalue weighted by atomic mass is 19.1. The molecule has 144 valence electrons. The van der Waals surface area contributed by atoms with E-state index in [9.17, 15) is 14.0 Å². The van der Waals surface area contributed by atoms with Crippen LogP contribution in [0.2, 0.25) is 0 Å². The van der Waals surface area contributed by atoms with E-state index < -0.39 is 11.7 Å². The Morgan fingerprint density at radius 1 is 0.966 bits per heavy atom. The Morgan fingerprint density at radius 3 is 2.31 bits per heavy atom. The Hall–Kier alpha value is -4.00. The van der Waals surface area contributed by atoms with E-state index in [-0.39, 0.29) is 17.0 Å². The van der Waals surface area contributed by atoms with Crippen molar-refractivity contribution in [3.05, 3.63) is 96.2 Å². The van der Waals surface area contributed by atoms with Gasteiger partial charge in [-0.1, -0.05) is 12.1 Å². The first-order valence-electron chi connectivity index (χ1n) is 8.93. The molecule has 0 atom stereocenters. The van der Waals surface area contributed by atoms with E-state index in [4.69, 9.17) is 0 Å². The molecule has 2 heterocycles.